The fourth-order valence-electron chi connectivity index (χ4n) is 3.31. The number of aryl methyl sites for hydroxylation is 1. The fraction of sp³-hybridized carbons (Fsp3) is 0.125. The van der Waals surface area contributed by atoms with Crippen LogP contribution in [0.3, 0.4) is 0 Å². The largest absolute Gasteiger partial charge is 0.673 e. The molecule has 0 saturated heterocycles. The van der Waals surface area contributed by atoms with Gasteiger partial charge in [-0.25, -0.2) is 4.99 Å². The van der Waals surface area contributed by atoms with Crippen LogP contribution >= 0.6 is 0 Å². The summed E-state index contributed by atoms with van der Waals surface area (Å²) in [7, 11) is -4.37. The molecule has 0 amide bonds. The van der Waals surface area contributed by atoms with Gasteiger partial charge in [0.2, 0.25) is 11.0 Å². The van der Waals surface area contributed by atoms with E-state index in [1.165, 1.54) is 17.7 Å². The molecule has 1 aromatic heterocycles. The van der Waals surface area contributed by atoms with Crippen molar-refractivity contribution in [3.05, 3.63) is 93.8 Å². The van der Waals surface area contributed by atoms with Crippen molar-refractivity contribution in [1.82, 2.24) is 0 Å². The van der Waals surface area contributed by atoms with E-state index in [9.17, 15) is 27.4 Å². The SMILES string of the molecule is CCc1ccc2oc(-c3ccc(OC)cc3)cc(=[NH+]c3cccc([N+](=O)[O-])c3)c2c1.F[B-](F)(F)F. The van der Waals surface area contributed by atoms with Gasteiger partial charge in [0.25, 0.3) is 5.69 Å². The van der Waals surface area contributed by atoms with Crippen molar-refractivity contribution >= 4 is 29.6 Å². The summed E-state index contributed by atoms with van der Waals surface area (Å²) < 4.78 is 50.4. The van der Waals surface area contributed by atoms with E-state index in [1.807, 2.05) is 42.5 Å². The first-order valence-electron chi connectivity index (χ1n) is 10.5. The van der Waals surface area contributed by atoms with E-state index in [-0.39, 0.29) is 5.69 Å². The minimum absolute atomic E-state index is 0.0366. The van der Waals surface area contributed by atoms with Gasteiger partial charge in [-0.05, 0) is 54.4 Å². The number of hydrogen-bond acceptors (Lipinski definition) is 4. The molecule has 182 valence electrons. The molecule has 0 spiro atoms. The minimum atomic E-state index is -6.00. The molecule has 1 heterocycles. The number of nitrogens with zero attached hydrogens (tertiary/aromatic N) is 1. The number of halogens is 4. The molecule has 0 radical (unpaired) electrons. The lowest BCUT2D eigenvalue weighted by atomic mass is 10.1. The highest BCUT2D eigenvalue weighted by molar-refractivity contribution is 6.50. The Labute approximate surface area is 197 Å². The zero-order valence-corrected chi connectivity index (χ0v) is 18.8. The molecule has 0 aliphatic carbocycles. The van der Waals surface area contributed by atoms with Gasteiger partial charge < -0.3 is 26.4 Å². The van der Waals surface area contributed by atoms with E-state index in [4.69, 9.17) is 9.15 Å². The highest BCUT2D eigenvalue weighted by atomic mass is 19.5. The molecular formula is C24H21BF4N2O4. The Hall–Kier alpha value is -4.15. The van der Waals surface area contributed by atoms with Gasteiger partial charge in [0.05, 0.1) is 29.6 Å². The first kappa shape index (κ1) is 25.5. The molecular weight excluding hydrogens is 467 g/mol. The normalized spacial score (nSPS) is 11.7. The van der Waals surface area contributed by atoms with E-state index in [0.29, 0.717) is 11.4 Å². The molecule has 11 heteroatoms. The lowest BCUT2D eigenvalue weighted by Crippen LogP contribution is -2.70. The lowest BCUT2D eigenvalue weighted by molar-refractivity contribution is -0.405. The van der Waals surface area contributed by atoms with Gasteiger partial charge in [0.1, 0.15) is 17.1 Å². The standard InChI is InChI=1S/C24H20N2O4.BF4/c1-3-16-7-12-23-21(13-16)22(25-18-5-4-6-19(14-18)26(27)28)15-24(30-23)17-8-10-20(29-2)11-9-17;2-1(3,4)5/h4-15H,3H2,1-2H3;/q;-1/p+1. The Morgan fingerprint density at radius 1 is 1.00 bits per heavy atom. The molecule has 3 aromatic carbocycles. The summed E-state index contributed by atoms with van der Waals surface area (Å²) in [5.74, 6) is 1.45. The summed E-state index contributed by atoms with van der Waals surface area (Å²) in [5.41, 5.74) is 3.48. The van der Waals surface area contributed by atoms with Crippen LogP contribution in [0.1, 0.15) is 12.5 Å². The monoisotopic (exact) mass is 488 g/mol. The molecule has 35 heavy (non-hydrogen) atoms. The number of methoxy groups -OCH3 is 1. The van der Waals surface area contributed by atoms with Crippen molar-refractivity contribution in [2.24, 2.45) is 0 Å². The number of nitro groups is 1. The average Bonchev–Trinajstić information content (AvgIpc) is 2.83. The number of ether oxygens (including phenoxy) is 1. The molecule has 0 saturated carbocycles. The summed E-state index contributed by atoms with van der Waals surface area (Å²) in [5, 5.41) is 12.9. The predicted octanol–water partition coefficient (Wildman–Crippen LogP) is 5.19. The molecule has 1 N–H and O–H groups in total. The van der Waals surface area contributed by atoms with Crippen LogP contribution in [0.2, 0.25) is 0 Å². The van der Waals surface area contributed by atoms with Crippen LogP contribution < -0.4 is 15.1 Å². The fourth-order valence-corrected chi connectivity index (χ4v) is 3.31. The maximum atomic E-state index is 11.1. The maximum absolute atomic E-state index is 11.1. The van der Waals surface area contributed by atoms with Gasteiger partial charge in [-0.15, -0.1) is 0 Å². The van der Waals surface area contributed by atoms with Crippen molar-refractivity contribution in [3.8, 4) is 17.1 Å². The molecule has 0 fully saturated rings. The van der Waals surface area contributed by atoms with E-state index < -0.39 is 12.2 Å². The second-order valence-electron chi connectivity index (χ2n) is 7.36. The van der Waals surface area contributed by atoms with Crippen molar-refractivity contribution in [2.45, 2.75) is 13.3 Å². The number of benzene rings is 3. The molecule has 6 nitrogen and oxygen atoms in total. The summed E-state index contributed by atoms with van der Waals surface area (Å²) >= 11 is 0. The van der Waals surface area contributed by atoms with Crippen LogP contribution in [0, 0.1) is 10.1 Å². The number of fused-ring (bicyclic) bond motifs is 1. The average molecular weight is 488 g/mol. The van der Waals surface area contributed by atoms with Gasteiger partial charge in [-0.3, -0.25) is 10.1 Å². The third kappa shape index (κ3) is 7.17. The molecule has 4 aromatic rings. The highest BCUT2D eigenvalue weighted by Gasteiger charge is 2.20. The maximum Gasteiger partial charge on any atom is 0.673 e. The Morgan fingerprint density at radius 3 is 2.29 bits per heavy atom. The zero-order chi connectivity index (χ0) is 25.6. The quantitative estimate of drug-likeness (QED) is 0.182. The highest BCUT2D eigenvalue weighted by Crippen LogP contribution is 2.24. The Morgan fingerprint density at radius 2 is 1.69 bits per heavy atom. The van der Waals surface area contributed by atoms with E-state index in [0.717, 1.165) is 34.1 Å². The number of nitrogens with one attached hydrogen (secondary N) is 1. The molecule has 0 bridgehead atoms. The molecule has 0 atom stereocenters. The van der Waals surface area contributed by atoms with Crippen LogP contribution in [0.4, 0.5) is 28.6 Å². The first-order valence-corrected chi connectivity index (χ1v) is 10.5. The summed E-state index contributed by atoms with van der Waals surface area (Å²) in [6.07, 6.45) is 0.895. The Balaban J connectivity index is 0.000000623. The van der Waals surface area contributed by atoms with Crippen molar-refractivity contribution in [3.63, 3.8) is 0 Å². The topological polar surface area (TPSA) is 79.5 Å². The smallest absolute Gasteiger partial charge is 0.497 e. The Kier molecular flexibility index (Phi) is 7.90. The predicted molar refractivity (Wildman–Crippen MR) is 125 cm³/mol. The third-order valence-corrected chi connectivity index (χ3v) is 4.95. The lowest BCUT2D eigenvalue weighted by Gasteiger charge is -2.06. The van der Waals surface area contributed by atoms with Crippen LogP contribution in [0.25, 0.3) is 22.3 Å². The number of nitro benzene ring substituents is 1. The number of non-ortho nitro benzene ring substituents is 1. The van der Waals surface area contributed by atoms with Gasteiger partial charge in [0, 0.05) is 17.7 Å². The van der Waals surface area contributed by atoms with Gasteiger partial charge in [-0.1, -0.05) is 13.0 Å². The molecule has 0 unspecified atom stereocenters. The zero-order valence-electron chi connectivity index (χ0n) is 18.8. The minimum Gasteiger partial charge on any atom is -0.497 e. The molecule has 0 aliphatic rings. The number of rotatable bonds is 5. The van der Waals surface area contributed by atoms with Gasteiger partial charge in [-0.2, -0.15) is 0 Å². The summed E-state index contributed by atoms with van der Waals surface area (Å²) in [4.78, 5) is 14.1. The van der Waals surface area contributed by atoms with Crippen LogP contribution in [-0.2, 0) is 6.42 Å². The second-order valence-corrected chi connectivity index (χ2v) is 7.36. The van der Waals surface area contributed by atoms with Crippen molar-refractivity contribution in [2.75, 3.05) is 7.11 Å². The van der Waals surface area contributed by atoms with E-state index in [1.54, 1.807) is 19.2 Å². The van der Waals surface area contributed by atoms with Gasteiger partial charge in [0.15, 0.2) is 0 Å². The second kappa shape index (κ2) is 10.9. The van der Waals surface area contributed by atoms with E-state index >= 15 is 0 Å². The van der Waals surface area contributed by atoms with Gasteiger partial charge >= 0.3 is 7.25 Å². The van der Waals surface area contributed by atoms with E-state index in [2.05, 4.69) is 18.0 Å². The van der Waals surface area contributed by atoms with Crippen LogP contribution in [0.5, 0.6) is 5.75 Å². The first-order chi connectivity index (χ1) is 16.6. The summed E-state index contributed by atoms with van der Waals surface area (Å²) in [6, 6.07) is 22.1. The van der Waals surface area contributed by atoms with Crippen molar-refractivity contribution < 1.29 is 36.3 Å². The molecule has 0 aliphatic heterocycles. The van der Waals surface area contributed by atoms with Crippen LogP contribution in [-0.4, -0.2) is 19.3 Å². The Bertz CT molecular complexity index is 1400. The van der Waals surface area contributed by atoms with Crippen molar-refractivity contribution in [1.29, 1.82) is 0 Å². The third-order valence-electron chi connectivity index (χ3n) is 4.95. The number of hydrogen-bond donors (Lipinski definition) is 1. The summed E-state index contributed by atoms with van der Waals surface area (Å²) in [6.45, 7) is 2.09. The molecule has 4 rings (SSSR count). The van der Waals surface area contributed by atoms with Crippen LogP contribution in [0.15, 0.2) is 77.2 Å².